The molecule has 0 aromatic heterocycles. The molecule has 110 valence electrons. The van der Waals surface area contributed by atoms with E-state index >= 15 is 0 Å². The second-order valence-corrected chi connectivity index (χ2v) is 7.41. The highest BCUT2D eigenvalue weighted by Gasteiger charge is 2.34. The highest BCUT2D eigenvalue weighted by Crippen LogP contribution is 2.37. The molecule has 2 rings (SSSR count). The van der Waals surface area contributed by atoms with E-state index in [4.69, 9.17) is 9.84 Å². The number of aliphatic carboxylic acids is 1. The van der Waals surface area contributed by atoms with Gasteiger partial charge in [-0.2, -0.15) is 4.31 Å². The van der Waals surface area contributed by atoms with Crippen LogP contribution in [0, 0.1) is 0 Å². The topological polar surface area (TPSA) is 83.9 Å². The van der Waals surface area contributed by atoms with Gasteiger partial charge >= 0.3 is 5.97 Å². The summed E-state index contributed by atoms with van der Waals surface area (Å²) in [4.78, 5) is 11.0. The molecule has 1 N–H and O–H groups in total. The molecule has 0 fully saturated rings. The Morgan fingerprint density at radius 3 is 2.75 bits per heavy atom. The van der Waals surface area contributed by atoms with Crippen LogP contribution in [-0.4, -0.2) is 43.5 Å². The van der Waals surface area contributed by atoms with Crippen molar-refractivity contribution in [2.45, 2.75) is 24.3 Å². The summed E-state index contributed by atoms with van der Waals surface area (Å²) in [5.74, 6) is -0.888. The normalized spacial score (nSPS) is 15.8. The van der Waals surface area contributed by atoms with E-state index in [1.165, 1.54) is 20.0 Å². The van der Waals surface area contributed by atoms with Crippen molar-refractivity contribution < 1.29 is 23.1 Å². The molecule has 1 unspecified atom stereocenters. The Bertz CT molecular complexity index is 658. The number of sulfonamides is 1. The van der Waals surface area contributed by atoms with Gasteiger partial charge in [-0.25, -0.2) is 8.42 Å². The summed E-state index contributed by atoms with van der Waals surface area (Å²) in [6.07, 6.45) is 0.634. The second-order valence-electron chi connectivity index (χ2n) is 4.53. The molecule has 1 aliphatic rings. The molecule has 1 aliphatic heterocycles. The molecule has 1 atom stereocenters. The van der Waals surface area contributed by atoms with Crippen LogP contribution >= 0.6 is 15.9 Å². The van der Waals surface area contributed by atoms with Crippen molar-refractivity contribution in [2.75, 3.05) is 13.7 Å². The van der Waals surface area contributed by atoms with Crippen LogP contribution in [0.1, 0.15) is 12.5 Å². The van der Waals surface area contributed by atoms with Crippen molar-refractivity contribution in [1.82, 2.24) is 4.31 Å². The zero-order chi connectivity index (χ0) is 15.1. The fourth-order valence-corrected chi connectivity index (χ4v) is 4.12. The number of rotatable bonds is 4. The van der Waals surface area contributed by atoms with E-state index in [0.717, 1.165) is 9.87 Å². The third-order valence-corrected chi connectivity index (χ3v) is 5.67. The molecule has 8 heteroatoms. The first-order valence-corrected chi connectivity index (χ1v) is 8.14. The zero-order valence-electron chi connectivity index (χ0n) is 11.0. The molecule has 1 aromatic rings. The van der Waals surface area contributed by atoms with Gasteiger partial charge in [0.2, 0.25) is 10.0 Å². The van der Waals surface area contributed by atoms with E-state index in [2.05, 4.69) is 15.9 Å². The zero-order valence-corrected chi connectivity index (χ0v) is 13.4. The first-order chi connectivity index (χ1) is 9.25. The number of nitrogens with zero attached hydrogens (tertiary/aromatic N) is 1. The molecule has 0 spiro atoms. The summed E-state index contributed by atoms with van der Waals surface area (Å²) < 4.78 is 31.9. The Morgan fingerprint density at radius 1 is 1.50 bits per heavy atom. The van der Waals surface area contributed by atoms with Crippen LogP contribution in [0.5, 0.6) is 5.75 Å². The van der Waals surface area contributed by atoms with Crippen LogP contribution < -0.4 is 4.74 Å². The highest BCUT2D eigenvalue weighted by molar-refractivity contribution is 9.10. The van der Waals surface area contributed by atoms with Gasteiger partial charge in [-0.05, 0) is 19.1 Å². The molecule has 0 amide bonds. The van der Waals surface area contributed by atoms with Crippen LogP contribution in [0.25, 0.3) is 0 Å². The number of carbonyl (C=O) groups is 1. The van der Waals surface area contributed by atoms with E-state index < -0.39 is 22.0 Å². The van der Waals surface area contributed by atoms with Crippen molar-refractivity contribution in [2.24, 2.45) is 0 Å². The molecular formula is C12H14BrNO5S. The number of fused-ring (bicyclic) bond motifs is 1. The van der Waals surface area contributed by atoms with Gasteiger partial charge in [-0.3, -0.25) is 4.79 Å². The van der Waals surface area contributed by atoms with Crippen molar-refractivity contribution in [3.63, 3.8) is 0 Å². The van der Waals surface area contributed by atoms with Crippen molar-refractivity contribution in [3.8, 4) is 5.75 Å². The van der Waals surface area contributed by atoms with E-state index in [9.17, 15) is 13.2 Å². The van der Waals surface area contributed by atoms with Gasteiger partial charge in [0.25, 0.3) is 0 Å². The SMILES string of the molecule is CC(C(=O)O)N(C)S(=O)(=O)c1cc(Br)cc2c1OCC2. The second kappa shape index (κ2) is 5.34. The van der Waals surface area contributed by atoms with Gasteiger partial charge in [0, 0.05) is 23.5 Å². The Morgan fingerprint density at radius 2 is 2.15 bits per heavy atom. The standard InChI is InChI=1S/C12H14BrNO5S/c1-7(12(15)16)14(2)20(17,18)10-6-9(13)5-8-3-4-19-11(8)10/h5-7H,3-4H2,1-2H3,(H,15,16). The monoisotopic (exact) mass is 363 g/mol. The fraction of sp³-hybridized carbons (Fsp3) is 0.417. The first kappa shape index (κ1) is 15.3. The Hall–Kier alpha value is -1.12. The first-order valence-electron chi connectivity index (χ1n) is 5.91. The van der Waals surface area contributed by atoms with Crippen LogP contribution in [0.15, 0.2) is 21.5 Å². The number of halogens is 1. The van der Waals surface area contributed by atoms with Gasteiger partial charge in [0.05, 0.1) is 6.61 Å². The average molecular weight is 364 g/mol. The molecule has 0 aliphatic carbocycles. The summed E-state index contributed by atoms with van der Waals surface area (Å²) >= 11 is 3.27. The maximum Gasteiger partial charge on any atom is 0.321 e. The number of carboxylic acid groups (broad SMARTS) is 1. The quantitative estimate of drug-likeness (QED) is 0.875. The van der Waals surface area contributed by atoms with Gasteiger partial charge in [-0.1, -0.05) is 15.9 Å². The van der Waals surface area contributed by atoms with Gasteiger partial charge in [0.15, 0.2) is 0 Å². The van der Waals surface area contributed by atoms with E-state index in [1.54, 1.807) is 0 Å². The van der Waals surface area contributed by atoms with Crippen molar-refractivity contribution in [3.05, 3.63) is 22.2 Å². The fourth-order valence-electron chi connectivity index (χ4n) is 1.95. The molecule has 1 aromatic carbocycles. The Labute approximate surface area is 125 Å². The molecular weight excluding hydrogens is 350 g/mol. The van der Waals surface area contributed by atoms with Crippen LogP contribution in [0.3, 0.4) is 0 Å². The molecule has 0 saturated carbocycles. The van der Waals surface area contributed by atoms with Gasteiger partial charge in [-0.15, -0.1) is 0 Å². The number of likely N-dealkylation sites (N-methyl/N-ethyl adjacent to an activating group) is 1. The van der Waals surface area contributed by atoms with E-state index in [0.29, 0.717) is 23.2 Å². The number of hydrogen-bond acceptors (Lipinski definition) is 4. The minimum absolute atomic E-state index is 0.00465. The van der Waals surface area contributed by atoms with Crippen LogP contribution in [0.2, 0.25) is 0 Å². The van der Waals surface area contributed by atoms with Gasteiger partial charge in [0.1, 0.15) is 16.7 Å². The summed E-state index contributed by atoms with van der Waals surface area (Å²) in [5.41, 5.74) is 0.800. The van der Waals surface area contributed by atoms with Crippen LogP contribution in [-0.2, 0) is 21.2 Å². The molecule has 6 nitrogen and oxygen atoms in total. The summed E-state index contributed by atoms with van der Waals surface area (Å²) in [6, 6.07) is 2.09. The lowest BCUT2D eigenvalue weighted by molar-refractivity contribution is -0.140. The lowest BCUT2D eigenvalue weighted by atomic mass is 10.2. The summed E-state index contributed by atoms with van der Waals surface area (Å²) in [7, 11) is -2.69. The summed E-state index contributed by atoms with van der Waals surface area (Å²) in [6.45, 7) is 1.74. The van der Waals surface area contributed by atoms with Crippen LogP contribution in [0.4, 0.5) is 0 Å². The molecule has 1 heterocycles. The number of hydrogen-bond donors (Lipinski definition) is 1. The third-order valence-electron chi connectivity index (χ3n) is 3.27. The van der Waals surface area contributed by atoms with Gasteiger partial charge < -0.3 is 9.84 Å². The minimum Gasteiger partial charge on any atom is -0.492 e. The molecule has 0 bridgehead atoms. The Balaban J connectivity index is 2.53. The summed E-state index contributed by atoms with van der Waals surface area (Å²) in [5, 5.41) is 8.96. The average Bonchev–Trinajstić information content (AvgIpc) is 2.83. The molecule has 20 heavy (non-hydrogen) atoms. The molecule has 0 radical (unpaired) electrons. The Kier molecular flexibility index (Phi) is 4.08. The molecule has 0 saturated heterocycles. The predicted octanol–water partition coefficient (Wildman–Crippen LogP) is 1.48. The maximum atomic E-state index is 12.6. The number of carboxylic acids is 1. The smallest absolute Gasteiger partial charge is 0.321 e. The predicted molar refractivity (Wildman–Crippen MR) is 75.4 cm³/mol. The lowest BCUT2D eigenvalue weighted by Crippen LogP contribution is -2.40. The lowest BCUT2D eigenvalue weighted by Gasteiger charge is -2.22. The third kappa shape index (κ3) is 2.55. The van der Waals surface area contributed by atoms with Crippen molar-refractivity contribution in [1.29, 1.82) is 0 Å². The minimum atomic E-state index is -3.93. The van der Waals surface area contributed by atoms with E-state index in [-0.39, 0.29) is 4.90 Å². The van der Waals surface area contributed by atoms with E-state index in [1.807, 2.05) is 6.07 Å². The highest BCUT2D eigenvalue weighted by atomic mass is 79.9. The van der Waals surface area contributed by atoms with Crippen molar-refractivity contribution >= 4 is 31.9 Å². The maximum absolute atomic E-state index is 12.6. The number of benzene rings is 1. The largest absolute Gasteiger partial charge is 0.492 e. The number of ether oxygens (including phenoxy) is 1.